The van der Waals surface area contributed by atoms with E-state index in [-0.39, 0.29) is 0 Å². The Balaban J connectivity index is 1.42. The molecule has 7 nitrogen and oxygen atoms in total. The Morgan fingerprint density at radius 3 is 1.96 bits per heavy atom. The highest BCUT2D eigenvalue weighted by molar-refractivity contribution is 5.45. The first-order valence-electron chi connectivity index (χ1n) is 8.75. The minimum Gasteiger partial charge on any atom is -0.356 e. The van der Waals surface area contributed by atoms with Gasteiger partial charge in [-0.3, -0.25) is 0 Å². The predicted molar refractivity (Wildman–Crippen MR) is 94.6 cm³/mol. The van der Waals surface area contributed by atoms with Crippen LogP contribution < -0.4 is 14.7 Å². The summed E-state index contributed by atoms with van der Waals surface area (Å²) < 4.78 is 0. The fraction of sp³-hybridized carbons (Fsp3) is 0.529. The van der Waals surface area contributed by atoms with E-state index in [1.807, 2.05) is 18.3 Å². The Kier molecular flexibility index (Phi) is 4.40. The normalized spacial score (nSPS) is 18.8. The monoisotopic (exact) mass is 325 g/mol. The van der Waals surface area contributed by atoms with Crippen molar-refractivity contribution in [2.45, 2.75) is 19.3 Å². The van der Waals surface area contributed by atoms with Crippen molar-refractivity contribution in [3.63, 3.8) is 0 Å². The van der Waals surface area contributed by atoms with Gasteiger partial charge in [0.05, 0.1) is 0 Å². The maximum atomic E-state index is 4.81. The first-order chi connectivity index (χ1) is 11.9. The lowest BCUT2D eigenvalue weighted by Crippen LogP contribution is -2.47. The van der Waals surface area contributed by atoms with Crippen molar-refractivity contribution >= 4 is 17.7 Å². The van der Waals surface area contributed by atoms with E-state index < -0.39 is 0 Å². The number of hydrogen-bond donors (Lipinski definition) is 0. The molecule has 2 aliphatic heterocycles. The first kappa shape index (κ1) is 15.1. The maximum absolute atomic E-state index is 4.81. The molecule has 0 amide bonds. The molecular formula is C17H23N7. The van der Waals surface area contributed by atoms with Crippen LogP contribution in [0.5, 0.6) is 0 Å². The van der Waals surface area contributed by atoms with E-state index in [0.29, 0.717) is 0 Å². The van der Waals surface area contributed by atoms with Crippen molar-refractivity contribution in [2.75, 3.05) is 54.0 Å². The van der Waals surface area contributed by atoms with Crippen LogP contribution in [-0.2, 0) is 0 Å². The molecule has 0 aliphatic carbocycles. The van der Waals surface area contributed by atoms with Gasteiger partial charge in [-0.1, -0.05) is 0 Å². The van der Waals surface area contributed by atoms with Crippen LogP contribution in [0.4, 0.5) is 17.7 Å². The summed E-state index contributed by atoms with van der Waals surface area (Å²) in [7, 11) is 0. The fourth-order valence-corrected chi connectivity index (χ4v) is 3.35. The van der Waals surface area contributed by atoms with Crippen LogP contribution >= 0.6 is 0 Å². The standard InChI is InChI=1S/C17H23N7/c1-2-9-22(10-3-1)15-5-8-20-17(21-15)24-13-11-23(12-14-24)16-18-6-4-7-19-16/h4-8H,1-3,9-14H2. The number of piperidine rings is 1. The number of piperazine rings is 1. The summed E-state index contributed by atoms with van der Waals surface area (Å²) in [5.74, 6) is 2.71. The lowest BCUT2D eigenvalue weighted by Gasteiger charge is -2.35. The smallest absolute Gasteiger partial charge is 0.227 e. The fourth-order valence-electron chi connectivity index (χ4n) is 3.35. The zero-order valence-corrected chi connectivity index (χ0v) is 13.9. The van der Waals surface area contributed by atoms with Crippen LogP contribution in [0.15, 0.2) is 30.7 Å². The molecular weight excluding hydrogens is 302 g/mol. The van der Waals surface area contributed by atoms with Crippen LogP contribution in [0.1, 0.15) is 19.3 Å². The Bertz CT molecular complexity index is 649. The number of nitrogens with zero attached hydrogens (tertiary/aromatic N) is 7. The molecule has 4 heterocycles. The van der Waals surface area contributed by atoms with Crippen molar-refractivity contribution in [1.82, 2.24) is 19.9 Å². The van der Waals surface area contributed by atoms with Crippen molar-refractivity contribution in [3.05, 3.63) is 30.7 Å². The Morgan fingerprint density at radius 2 is 1.25 bits per heavy atom. The zero-order chi connectivity index (χ0) is 16.2. The maximum Gasteiger partial charge on any atom is 0.227 e. The quantitative estimate of drug-likeness (QED) is 0.849. The van der Waals surface area contributed by atoms with E-state index in [4.69, 9.17) is 4.98 Å². The molecule has 24 heavy (non-hydrogen) atoms. The van der Waals surface area contributed by atoms with Crippen LogP contribution in [0, 0.1) is 0 Å². The van der Waals surface area contributed by atoms with E-state index in [0.717, 1.165) is 57.0 Å². The Hall–Kier alpha value is -2.44. The van der Waals surface area contributed by atoms with Crippen molar-refractivity contribution in [2.24, 2.45) is 0 Å². The highest BCUT2D eigenvalue weighted by Crippen LogP contribution is 2.20. The third-order valence-corrected chi connectivity index (χ3v) is 4.71. The largest absolute Gasteiger partial charge is 0.356 e. The second-order valence-electron chi connectivity index (χ2n) is 6.29. The van der Waals surface area contributed by atoms with E-state index in [1.54, 1.807) is 12.4 Å². The molecule has 4 rings (SSSR count). The molecule has 0 aromatic carbocycles. The summed E-state index contributed by atoms with van der Waals surface area (Å²) in [5.41, 5.74) is 0. The minimum absolute atomic E-state index is 0.806. The summed E-state index contributed by atoms with van der Waals surface area (Å²) in [6.07, 6.45) is 9.32. The lowest BCUT2D eigenvalue weighted by molar-refractivity contribution is 0.571. The molecule has 0 saturated carbocycles. The lowest BCUT2D eigenvalue weighted by atomic mass is 10.1. The summed E-state index contributed by atoms with van der Waals surface area (Å²) in [4.78, 5) is 24.8. The zero-order valence-electron chi connectivity index (χ0n) is 13.9. The summed E-state index contributed by atoms with van der Waals surface area (Å²) in [6.45, 7) is 5.77. The van der Waals surface area contributed by atoms with Gasteiger partial charge in [-0.05, 0) is 31.4 Å². The van der Waals surface area contributed by atoms with Crippen molar-refractivity contribution in [3.8, 4) is 0 Å². The Labute approximate surface area is 142 Å². The average molecular weight is 325 g/mol. The summed E-state index contributed by atoms with van der Waals surface area (Å²) in [5, 5.41) is 0. The molecule has 2 aromatic rings. The number of rotatable bonds is 3. The number of aromatic nitrogens is 4. The van der Waals surface area contributed by atoms with Crippen LogP contribution in [0.2, 0.25) is 0 Å². The second kappa shape index (κ2) is 6.98. The van der Waals surface area contributed by atoms with Gasteiger partial charge in [-0.25, -0.2) is 15.0 Å². The number of anilines is 3. The SMILES string of the molecule is c1cnc(N2CCN(c3nccc(N4CCCCC4)n3)CC2)nc1. The van der Waals surface area contributed by atoms with Gasteiger partial charge < -0.3 is 14.7 Å². The highest BCUT2D eigenvalue weighted by atomic mass is 15.4. The number of hydrogen-bond acceptors (Lipinski definition) is 7. The van der Waals surface area contributed by atoms with Gasteiger partial charge in [0.15, 0.2) is 0 Å². The molecule has 2 saturated heterocycles. The van der Waals surface area contributed by atoms with E-state index in [2.05, 4.69) is 29.7 Å². The molecule has 2 fully saturated rings. The molecule has 2 aliphatic rings. The highest BCUT2D eigenvalue weighted by Gasteiger charge is 2.21. The van der Waals surface area contributed by atoms with Gasteiger partial charge >= 0.3 is 0 Å². The third kappa shape index (κ3) is 3.25. The predicted octanol–water partition coefficient (Wildman–Crippen LogP) is 1.58. The topological polar surface area (TPSA) is 61.3 Å². The van der Waals surface area contributed by atoms with Gasteiger partial charge in [0.25, 0.3) is 0 Å². The van der Waals surface area contributed by atoms with Gasteiger partial charge in [0.1, 0.15) is 5.82 Å². The molecule has 7 heteroatoms. The van der Waals surface area contributed by atoms with Crippen LogP contribution in [0.3, 0.4) is 0 Å². The van der Waals surface area contributed by atoms with Crippen molar-refractivity contribution in [1.29, 1.82) is 0 Å². The minimum atomic E-state index is 0.806. The third-order valence-electron chi connectivity index (χ3n) is 4.71. The molecule has 0 bridgehead atoms. The van der Waals surface area contributed by atoms with E-state index >= 15 is 0 Å². The summed E-state index contributed by atoms with van der Waals surface area (Å²) >= 11 is 0. The Morgan fingerprint density at radius 1 is 0.625 bits per heavy atom. The first-order valence-corrected chi connectivity index (χ1v) is 8.75. The molecule has 0 radical (unpaired) electrons. The van der Waals surface area contributed by atoms with E-state index in [1.165, 1.54) is 19.3 Å². The molecule has 0 unspecified atom stereocenters. The second-order valence-corrected chi connectivity index (χ2v) is 6.29. The molecule has 0 spiro atoms. The van der Waals surface area contributed by atoms with Crippen LogP contribution in [0.25, 0.3) is 0 Å². The van der Waals surface area contributed by atoms with Crippen molar-refractivity contribution < 1.29 is 0 Å². The van der Waals surface area contributed by atoms with Gasteiger partial charge in [0.2, 0.25) is 11.9 Å². The van der Waals surface area contributed by atoms with Gasteiger partial charge in [0, 0.05) is 57.9 Å². The molecule has 2 aromatic heterocycles. The van der Waals surface area contributed by atoms with Gasteiger partial charge in [-0.2, -0.15) is 4.98 Å². The average Bonchev–Trinajstić information content (AvgIpc) is 2.70. The van der Waals surface area contributed by atoms with Gasteiger partial charge in [-0.15, -0.1) is 0 Å². The molecule has 0 N–H and O–H groups in total. The summed E-state index contributed by atoms with van der Waals surface area (Å²) in [6, 6.07) is 3.88. The molecule has 126 valence electrons. The van der Waals surface area contributed by atoms with Crippen LogP contribution in [-0.4, -0.2) is 59.2 Å². The molecule has 0 atom stereocenters. The van der Waals surface area contributed by atoms with E-state index in [9.17, 15) is 0 Å².